The van der Waals surface area contributed by atoms with E-state index in [2.05, 4.69) is 0 Å². The van der Waals surface area contributed by atoms with Gasteiger partial charge in [-0.1, -0.05) is 84.9 Å². The summed E-state index contributed by atoms with van der Waals surface area (Å²) in [6.07, 6.45) is 2.42. The zero-order valence-corrected chi connectivity index (χ0v) is 18.8. The molecule has 4 heteroatoms. The number of benzene rings is 3. The maximum absolute atomic E-state index is 13.1. The number of carbonyl (C=O) groups excluding carboxylic acids is 2. The fraction of sp³-hybridized carbons (Fsp3) is 0.172. The van der Waals surface area contributed by atoms with E-state index in [1.165, 1.54) is 0 Å². The lowest BCUT2D eigenvalue weighted by Gasteiger charge is -2.26. The number of ether oxygens (including phenoxy) is 2. The van der Waals surface area contributed by atoms with E-state index in [1.54, 1.807) is 13.8 Å². The Balaban J connectivity index is 1.63. The van der Waals surface area contributed by atoms with Gasteiger partial charge in [0.15, 0.2) is 5.78 Å². The standard InChI is InChI=1S/C29H26O4/c1-20(30)26-16-10-9-15-24(26)17-25-18-27(23-13-7-4-8-14-23)28(21(2)33-25)29(31)32-19-22-11-5-3-6-12-22/h3-16,18,27H,17,19H2,1-2H3. The molecular weight excluding hydrogens is 412 g/mol. The maximum Gasteiger partial charge on any atom is 0.338 e. The Hall–Kier alpha value is -3.92. The molecule has 0 saturated heterocycles. The fourth-order valence-corrected chi connectivity index (χ4v) is 4.07. The summed E-state index contributed by atoms with van der Waals surface area (Å²) < 4.78 is 11.7. The van der Waals surface area contributed by atoms with Crippen molar-refractivity contribution in [1.82, 2.24) is 0 Å². The fourth-order valence-electron chi connectivity index (χ4n) is 4.07. The molecule has 0 aliphatic carbocycles. The van der Waals surface area contributed by atoms with Gasteiger partial charge in [0.2, 0.25) is 0 Å². The Bertz CT molecular complexity index is 1210. The molecular formula is C29H26O4. The third-order valence-corrected chi connectivity index (χ3v) is 5.68. The number of rotatable bonds is 7. The molecule has 1 heterocycles. The van der Waals surface area contributed by atoms with Crippen molar-refractivity contribution >= 4 is 11.8 Å². The van der Waals surface area contributed by atoms with Crippen LogP contribution in [-0.2, 0) is 27.3 Å². The third kappa shape index (κ3) is 5.29. The lowest BCUT2D eigenvalue weighted by Crippen LogP contribution is -2.20. The molecule has 1 atom stereocenters. The van der Waals surface area contributed by atoms with Crippen molar-refractivity contribution in [1.29, 1.82) is 0 Å². The zero-order valence-electron chi connectivity index (χ0n) is 18.8. The second kappa shape index (κ2) is 10.1. The van der Waals surface area contributed by atoms with E-state index < -0.39 is 5.97 Å². The van der Waals surface area contributed by atoms with Gasteiger partial charge in [0, 0.05) is 17.9 Å². The van der Waals surface area contributed by atoms with Crippen molar-refractivity contribution < 1.29 is 19.1 Å². The second-order valence-corrected chi connectivity index (χ2v) is 8.05. The number of hydrogen-bond donors (Lipinski definition) is 0. The van der Waals surface area contributed by atoms with Crippen LogP contribution in [0.5, 0.6) is 0 Å². The quantitative estimate of drug-likeness (QED) is 0.328. The van der Waals surface area contributed by atoms with E-state index in [9.17, 15) is 9.59 Å². The van der Waals surface area contributed by atoms with E-state index in [1.807, 2.05) is 91.0 Å². The Morgan fingerprint density at radius 1 is 0.879 bits per heavy atom. The van der Waals surface area contributed by atoms with Crippen molar-refractivity contribution in [2.45, 2.75) is 32.8 Å². The molecule has 0 aromatic heterocycles. The van der Waals surface area contributed by atoms with Gasteiger partial charge in [-0.25, -0.2) is 4.79 Å². The van der Waals surface area contributed by atoms with Gasteiger partial charge in [-0.3, -0.25) is 4.79 Å². The van der Waals surface area contributed by atoms with Crippen LogP contribution in [0.15, 0.2) is 108 Å². The van der Waals surface area contributed by atoms with Gasteiger partial charge < -0.3 is 9.47 Å². The molecule has 0 bridgehead atoms. The van der Waals surface area contributed by atoms with Gasteiger partial charge in [0.25, 0.3) is 0 Å². The highest BCUT2D eigenvalue weighted by molar-refractivity contribution is 5.95. The molecule has 4 nitrogen and oxygen atoms in total. The van der Waals surface area contributed by atoms with E-state index in [-0.39, 0.29) is 18.3 Å². The molecule has 0 fully saturated rings. The summed E-state index contributed by atoms with van der Waals surface area (Å²) in [7, 11) is 0. The topological polar surface area (TPSA) is 52.6 Å². The van der Waals surface area contributed by atoms with E-state index in [0.717, 1.165) is 16.7 Å². The van der Waals surface area contributed by atoms with Crippen LogP contribution in [-0.4, -0.2) is 11.8 Å². The highest BCUT2D eigenvalue weighted by Gasteiger charge is 2.30. The minimum Gasteiger partial charge on any atom is -0.466 e. The highest BCUT2D eigenvalue weighted by atomic mass is 16.5. The van der Waals surface area contributed by atoms with E-state index in [0.29, 0.717) is 29.1 Å². The normalized spacial score (nSPS) is 15.5. The first kappa shape index (κ1) is 22.3. The van der Waals surface area contributed by atoms with Crippen LogP contribution < -0.4 is 0 Å². The number of hydrogen-bond acceptors (Lipinski definition) is 4. The molecule has 3 aromatic carbocycles. The summed E-state index contributed by atoms with van der Waals surface area (Å²) in [4.78, 5) is 25.2. The number of allylic oxidation sites excluding steroid dienone is 3. The molecule has 0 N–H and O–H groups in total. The number of esters is 1. The minimum absolute atomic E-state index is 0.0130. The highest BCUT2D eigenvalue weighted by Crippen LogP contribution is 2.36. The van der Waals surface area contributed by atoms with E-state index >= 15 is 0 Å². The molecule has 4 rings (SSSR count). The summed E-state index contributed by atoms with van der Waals surface area (Å²) >= 11 is 0. The van der Waals surface area contributed by atoms with Crippen molar-refractivity contribution in [2.24, 2.45) is 0 Å². The Labute approximate surface area is 194 Å². The monoisotopic (exact) mass is 438 g/mol. The zero-order chi connectivity index (χ0) is 23.2. The third-order valence-electron chi connectivity index (χ3n) is 5.68. The van der Waals surface area contributed by atoms with Crippen LogP contribution >= 0.6 is 0 Å². The van der Waals surface area contributed by atoms with Gasteiger partial charge in [-0.05, 0) is 36.6 Å². The number of Topliss-reactive ketones (excluding diaryl/α,β-unsaturated/α-hetero) is 1. The first-order valence-corrected chi connectivity index (χ1v) is 11.0. The van der Waals surface area contributed by atoms with Gasteiger partial charge >= 0.3 is 5.97 Å². The summed E-state index contributed by atoms with van der Waals surface area (Å²) in [6, 6.07) is 27.0. The van der Waals surface area contributed by atoms with Gasteiger partial charge in [-0.15, -0.1) is 0 Å². The van der Waals surface area contributed by atoms with Crippen molar-refractivity contribution in [3.8, 4) is 0 Å². The first-order chi connectivity index (χ1) is 16.0. The van der Waals surface area contributed by atoms with E-state index in [4.69, 9.17) is 9.47 Å². The summed E-state index contributed by atoms with van der Waals surface area (Å²) in [5.74, 6) is 0.529. The van der Waals surface area contributed by atoms with Crippen LogP contribution in [0.2, 0.25) is 0 Å². The van der Waals surface area contributed by atoms with Crippen LogP contribution in [0.3, 0.4) is 0 Å². The average molecular weight is 439 g/mol. The summed E-state index contributed by atoms with van der Waals surface area (Å²) in [6.45, 7) is 3.55. The molecule has 1 unspecified atom stereocenters. The largest absolute Gasteiger partial charge is 0.466 e. The van der Waals surface area contributed by atoms with Crippen molar-refractivity contribution in [3.05, 3.63) is 130 Å². The molecule has 166 valence electrons. The molecule has 0 saturated carbocycles. The van der Waals surface area contributed by atoms with Crippen LogP contribution in [0.4, 0.5) is 0 Å². The minimum atomic E-state index is -0.398. The number of ketones is 1. The average Bonchev–Trinajstić information content (AvgIpc) is 2.83. The Morgan fingerprint density at radius 2 is 1.52 bits per heavy atom. The SMILES string of the molecule is CC(=O)c1ccccc1CC1=CC(c2ccccc2)C(C(=O)OCc2ccccc2)=C(C)O1. The summed E-state index contributed by atoms with van der Waals surface area (Å²) in [5, 5.41) is 0. The van der Waals surface area contributed by atoms with Crippen molar-refractivity contribution in [2.75, 3.05) is 0 Å². The van der Waals surface area contributed by atoms with Crippen LogP contribution in [0, 0.1) is 0 Å². The van der Waals surface area contributed by atoms with Gasteiger partial charge in [-0.2, -0.15) is 0 Å². The Morgan fingerprint density at radius 3 is 2.21 bits per heavy atom. The summed E-state index contributed by atoms with van der Waals surface area (Å²) in [5.41, 5.74) is 3.96. The number of carbonyl (C=O) groups is 2. The lowest BCUT2D eigenvalue weighted by atomic mass is 9.87. The molecule has 0 radical (unpaired) electrons. The molecule has 33 heavy (non-hydrogen) atoms. The van der Waals surface area contributed by atoms with Crippen molar-refractivity contribution in [3.63, 3.8) is 0 Å². The second-order valence-electron chi connectivity index (χ2n) is 8.05. The van der Waals surface area contributed by atoms with Crippen LogP contribution in [0.25, 0.3) is 0 Å². The van der Waals surface area contributed by atoms with Gasteiger partial charge in [0.05, 0.1) is 5.57 Å². The molecule has 1 aliphatic rings. The molecule has 0 spiro atoms. The smallest absolute Gasteiger partial charge is 0.338 e. The maximum atomic E-state index is 13.1. The van der Waals surface area contributed by atoms with Crippen LogP contribution in [0.1, 0.15) is 46.8 Å². The predicted octanol–water partition coefficient (Wildman–Crippen LogP) is 6.15. The first-order valence-electron chi connectivity index (χ1n) is 11.0. The predicted molar refractivity (Wildman–Crippen MR) is 127 cm³/mol. The molecule has 1 aliphatic heterocycles. The Kier molecular flexibility index (Phi) is 6.84. The van der Waals surface area contributed by atoms with Gasteiger partial charge in [0.1, 0.15) is 18.1 Å². The molecule has 3 aromatic rings. The lowest BCUT2D eigenvalue weighted by molar-refractivity contribution is -0.140. The molecule has 0 amide bonds.